The van der Waals surface area contributed by atoms with Crippen molar-refractivity contribution in [3.63, 3.8) is 0 Å². The van der Waals surface area contributed by atoms with Crippen molar-refractivity contribution in [3.8, 4) is 0 Å². The first-order valence-electron chi connectivity index (χ1n) is 7.71. The number of hydrogen-bond acceptors (Lipinski definition) is 4. The number of rotatable bonds is 6. The second-order valence-corrected chi connectivity index (χ2v) is 4.92. The fraction of sp³-hybridized carbons (Fsp3) is 0.200. The summed E-state index contributed by atoms with van der Waals surface area (Å²) in [5.41, 5.74) is 1.15. The van der Waals surface area contributed by atoms with E-state index in [1.807, 2.05) is 19.1 Å². The molecule has 0 heterocycles. The minimum absolute atomic E-state index is 0.271. The van der Waals surface area contributed by atoms with Crippen LogP contribution in [0.15, 0.2) is 73.3 Å². The second kappa shape index (κ2) is 10.9. The molecule has 2 aromatic rings. The molecule has 2 rings (SSSR count). The molecule has 1 N–H and O–H groups in total. The summed E-state index contributed by atoms with van der Waals surface area (Å²) in [6, 6.07) is 17.7. The largest absolute Gasteiger partial charge is 0.463 e. The fourth-order valence-corrected chi connectivity index (χ4v) is 1.81. The van der Waals surface area contributed by atoms with Gasteiger partial charge in [0.2, 0.25) is 0 Å². The lowest BCUT2D eigenvalue weighted by Crippen LogP contribution is -2.11. The van der Waals surface area contributed by atoms with Crippen molar-refractivity contribution in [1.29, 1.82) is 0 Å². The van der Waals surface area contributed by atoms with E-state index in [0.717, 1.165) is 12.5 Å². The van der Waals surface area contributed by atoms with Crippen LogP contribution in [0.5, 0.6) is 0 Å². The van der Waals surface area contributed by atoms with E-state index in [9.17, 15) is 14.7 Å². The Balaban J connectivity index is 0.000000307. The third kappa shape index (κ3) is 6.58. The van der Waals surface area contributed by atoms with Gasteiger partial charge in [-0.15, -0.1) is 0 Å². The van der Waals surface area contributed by atoms with Crippen molar-refractivity contribution in [3.05, 3.63) is 84.4 Å². The Labute approximate surface area is 142 Å². The van der Waals surface area contributed by atoms with Gasteiger partial charge in [0.25, 0.3) is 0 Å². The lowest BCUT2D eigenvalue weighted by molar-refractivity contribution is -0.137. The van der Waals surface area contributed by atoms with E-state index >= 15 is 0 Å². The highest BCUT2D eigenvalue weighted by Gasteiger charge is 2.18. The van der Waals surface area contributed by atoms with E-state index in [4.69, 9.17) is 0 Å². The van der Waals surface area contributed by atoms with Gasteiger partial charge in [0.05, 0.1) is 6.61 Å². The Bertz CT molecular complexity index is 635. The highest BCUT2D eigenvalue weighted by atomic mass is 16.5. The summed E-state index contributed by atoms with van der Waals surface area (Å²) in [5.74, 6) is -0.612. The van der Waals surface area contributed by atoms with Crippen LogP contribution in [0.4, 0.5) is 0 Å². The van der Waals surface area contributed by atoms with Gasteiger partial charge in [-0.05, 0) is 12.0 Å². The number of Topliss-reactive ketones (excluding diaryl/α,β-unsaturated/α-hetero) is 1. The van der Waals surface area contributed by atoms with Crippen LogP contribution in [0.25, 0.3) is 0 Å². The number of hydrogen-bond donors (Lipinski definition) is 1. The molecular weight excluding hydrogens is 304 g/mol. The Kier molecular flexibility index (Phi) is 8.79. The van der Waals surface area contributed by atoms with E-state index in [1.54, 1.807) is 48.5 Å². The summed E-state index contributed by atoms with van der Waals surface area (Å²) in [7, 11) is 0. The van der Waals surface area contributed by atoms with Gasteiger partial charge in [0, 0.05) is 11.6 Å². The van der Waals surface area contributed by atoms with Gasteiger partial charge in [0.15, 0.2) is 5.78 Å². The molecule has 0 spiro atoms. The first-order valence-corrected chi connectivity index (χ1v) is 7.71. The second-order valence-electron chi connectivity index (χ2n) is 4.92. The van der Waals surface area contributed by atoms with Crippen LogP contribution in [0, 0.1) is 0 Å². The minimum atomic E-state index is -1.08. The molecule has 1 unspecified atom stereocenters. The number of esters is 1. The molecule has 126 valence electrons. The maximum atomic E-state index is 11.9. The van der Waals surface area contributed by atoms with Crippen molar-refractivity contribution in [2.75, 3.05) is 6.61 Å². The molecule has 0 fully saturated rings. The lowest BCUT2D eigenvalue weighted by atomic mass is 10.0. The molecule has 0 radical (unpaired) electrons. The topological polar surface area (TPSA) is 63.6 Å². The molecule has 0 aliphatic carbocycles. The summed E-state index contributed by atoms with van der Waals surface area (Å²) in [6.07, 6.45) is 0.943. The highest BCUT2D eigenvalue weighted by Crippen LogP contribution is 2.17. The number of aliphatic hydroxyl groups is 1. The number of ether oxygens (including phenoxy) is 1. The first kappa shape index (κ1) is 19.3. The van der Waals surface area contributed by atoms with Crippen LogP contribution in [-0.4, -0.2) is 23.5 Å². The van der Waals surface area contributed by atoms with E-state index in [2.05, 4.69) is 11.3 Å². The Morgan fingerprint density at radius 1 is 1.08 bits per heavy atom. The zero-order valence-electron chi connectivity index (χ0n) is 13.7. The SMILES string of the molecule is C=CC(=O)OCCC.O=C(c1ccccc1)C(O)c1ccccc1. The van der Waals surface area contributed by atoms with Gasteiger partial charge < -0.3 is 9.84 Å². The van der Waals surface area contributed by atoms with Gasteiger partial charge in [-0.2, -0.15) is 0 Å². The minimum Gasteiger partial charge on any atom is -0.463 e. The molecule has 1 atom stereocenters. The molecular formula is C20H22O4. The third-order valence-electron chi connectivity index (χ3n) is 3.04. The van der Waals surface area contributed by atoms with E-state index in [-0.39, 0.29) is 11.8 Å². The molecule has 0 aliphatic heterocycles. The van der Waals surface area contributed by atoms with Gasteiger partial charge in [-0.1, -0.05) is 74.2 Å². The quantitative estimate of drug-likeness (QED) is 0.499. The predicted molar refractivity (Wildman–Crippen MR) is 93.6 cm³/mol. The van der Waals surface area contributed by atoms with E-state index < -0.39 is 6.10 Å². The Morgan fingerprint density at radius 3 is 2.12 bits per heavy atom. The number of carbonyl (C=O) groups is 2. The van der Waals surface area contributed by atoms with Crippen molar-refractivity contribution in [2.24, 2.45) is 0 Å². The first-order chi connectivity index (χ1) is 11.6. The predicted octanol–water partition coefficient (Wildman–Crippen LogP) is 3.73. The van der Waals surface area contributed by atoms with Crippen LogP contribution in [0.3, 0.4) is 0 Å². The number of carbonyl (C=O) groups excluding carboxylic acids is 2. The molecule has 4 nitrogen and oxygen atoms in total. The zero-order chi connectivity index (χ0) is 17.8. The molecule has 0 bridgehead atoms. The number of benzene rings is 2. The number of ketones is 1. The zero-order valence-corrected chi connectivity index (χ0v) is 13.7. The molecule has 24 heavy (non-hydrogen) atoms. The number of aliphatic hydroxyl groups excluding tert-OH is 1. The maximum Gasteiger partial charge on any atom is 0.330 e. The average Bonchev–Trinajstić information content (AvgIpc) is 2.66. The van der Waals surface area contributed by atoms with Crippen molar-refractivity contribution >= 4 is 11.8 Å². The summed E-state index contributed by atoms with van der Waals surface area (Å²) in [4.78, 5) is 22.1. The van der Waals surface area contributed by atoms with E-state index in [0.29, 0.717) is 17.7 Å². The van der Waals surface area contributed by atoms with Gasteiger partial charge >= 0.3 is 5.97 Å². The highest BCUT2D eigenvalue weighted by molar-refractivity contribution is 5.99. The molecule has 0 aromatic heterocycles. The standard InChI is InChI=1S/C14H12O2.C6H10O2/c15-13(11-7-3-1-4-8-11)14(16)12-9-5-2-6-10-12;1-3-5-8-6(7)4-2/h1-10,13,15H;4H,2-3,5H2,1H3. The third-order valence-corrected chi connectivity index (χ3v) is 3.04. The van der Waals surface area contributed by atoms with Crippen LogP contribution >= 0.6 is 0 Å². The van der Waals surface area contributed by atoms with Gasteiger partial charge in [-0.25, -0.2) is 4.79 Å². The summed E-state index contributed by atoms with van der Waals surface area (Å²) in [6.45, 7) is 5.67. The smallest absolute Gasteiger partial charge is 0.330 e. The lowest BCUT2D eigenvalue weighted by Gasteiger charge is -2.09. The molecule has 0 aliphatic rings. The van der Waals surface area contributed by atoms with Gasteiger partial charge in [0.1, 0.15) is 6.10 Å². The summed E-state index contributed by atoms with van der Waals surface area (Å²) in [5, 5.41) is 9.89. The fourth-order valence-electron chi connectivity index (χ4n) is 1.81. The van der Waals surface area contributed by atoms with Crippen LogP contribution in [0.2, 0.25) is 0 Å². The monoisotopic (exact) mass is 326 g/mol. The Hall–Kier alpha value is -2.72. The van der Waals surface area contributed by atoms with Crippen LogP contribution in [0.1, 0.15) is 35.4 Å². The summed E-state index contributed by atoms with van der Waals surface area (Å²) < 4.78 is 4.58. The van der Waals surface area contributed by atoms with Crippen LogP contribution in [-0.2, 0) is 9.53 Å². The molecule has 4 heteroatoms. The average molecular weight is 326 g/mol. The summed E-state index contributed by atoms with van der Waals surface area (Å²) >= 11 is 0. The Morgan fingerprint density at radius 2 is 1.62 bits per heavy atom. The van der Waals surface area contributed by atoms with Crippen LogP contribution < -0.4 is 0 Å². The van der Waals surface area contributed by atoms with Gasteiger partial charge in [-0.3, -0.25) is 4.79 Å². The normalized spacial score (nSPS) is 10.8. The molecule has 0 saturated carbocycles. The molecule has 2 aromatic carbocycles. The van der Waals surface area contributed by atoms with Crippen molar-refractivity contribution in [2.45, 2.75) is 19.4 Å². The molecule has 0 amide bonds. The van der Waals surface area contributed by atoms with Crippen molar-refractivity contribution < 1.29 is 19.4 Å². The van der Waals surface area contributed by atoms with E-state index in [1.165, 1.54) is 0 Å². The maximum absolute atomic E-state index is 11.9. The molecule has 0 saturated heterocycles. The van der Waals surface area contributed by atoms with Crippen molar-refractivity contribution in [1.82, 2.24) is 0 Å².